The Morgan fingerprint density at radius 2 is 1.65 bits per heavy atom. The molecule has 0 aliphatic heterocycles. The van der Waals surface area contributed by atoms with E-state index in [2.05, 4.69) is 10.6 Å². The first kappa shape index (κ1) is 24.4. The summed E-state index contributed by atoms with van der Waals surface area (Å²) in [4.78, 5) is 45.4. The molecule has 8 N–H and O–H groups in total. The normalized spacial score (nSPS) is 17.4. The molecule has 0 aromatic carbocycles. The van der Waals surface area contributed by atoms with E-state index in [1.807, 2.05) is 6.92 Å². The maximum Gasteiger partial charge on any atom is 0.536 e. The fraction of sp³-hybridized carbons (Fsp3) is 0.800. The number of nitrogens with two attached hydrogens (primary N) is 2. The quantitative estimate of drug-likeness (QED) is 0.245. The fourth-order valence-electron chi connectivity index (χ4n) is 2.42. The average Bonchev–Trinajstić information content (AvgIpc) is 2.52. The molecule has 0 aromatic heterocycles. The summed E-state index contributed by atoms with van der Waals surface area (Å²) >= 11 is 0. The zero-order valence-electron chi connectivity index (χ0n) is 15.4. The van der Waals surface area contributed by atoms with Crippen LogP contribution in [0.2, 0.25) is 0 Å². The van der Waals surface area contributed by atoms with Gasteiger partial charge in [-0.1, -0.05) is 26.7 Å². The van der Waals surface area contributed by atoms with Crippen LogP contribution in [0.15, 0.2) is 0 Å². The molecule has 0 saturated carbocycles. The predicted octanol–water partition coefficient (Wildman–Crippen LogP) is -0.232. The van der Waals surface area contributed by atoms with Crippen LogP contribution >= 0.6 is 8.03 Å². The molecular formula is C15H30N4O6P+. The van der Waals surface area contributed by atoms with Gasteiger partial charge in [0.25, 0.3) is 5.28 Å². The molecule has 150 valence electrons. The number of hydrogen-bond donors (Lipinski definition) is 6. The SMILES string of the molecule is CCC[C@H](NC(=O)[C@@H](N)CCC)C(=O)NC(CC(=O)O)(C(C)N)[P+](=O)O. The molecule has 0 spiro atoms. The monoisotopic (exact) mass is 393 g/mol. The number of carboxylic acid groups (broad SMARTS) is 1. The Morgan fingerprint density at radius 1 is 1.12 bits per heavy atom. The lowest BCUT2D eigenvalue weighted by molar-refractivity contribution is -0.139. The lowest BCUT2D eigenvalue weighted by atomic mass is 10.0. The smallest absolute Gasteiger partial charge is 0.481 e. The van der Waals surface area contributed by atoms with Crippen molar-refractivity contribution < 1.29 is 28.9 Å². The Balaban J connectivity index is 5.45. The van der Waals surface area contributed by atoms with Gasteiger partial charge in [-0.05, 0) is 24.3 Å². The van der Waals surface area contributed by atoms with Crippen molar-refractivity contribution in [1.29, 1.82) is 0 Å². The second-order valence-corrected chi connectivity index (χ2v) is 7.63. The van der Waals surface area contributed by atoms with E-state index < -0.39 is 55.6 Å². The highest BCUT2D eigenvalue weighted by molar-refractivity contribution is 7.40. The van der Waals surface area contributed by atoms with E-state index >= 15 is 0 Å². The molecule has 2 amide bonds. The van der Waals surface area contributed by atoms with Crippen molar-refractivity contribution in [2.24, 2.45) is 11.5 Å². The van der Waals surface area contributed by atoms with Gasteiger partial charge in [-0.25, -0.2) is 0 Å². The summed E-state index contributed by atoms with van der Waals surface area (Å²) in [5.74, 6) is -2.68. The van der Waals surface area contributed by atoms with E-state index in [1.165, 1.54) is 6.92 Å². The predicted molar refractivity (Wildman–Crippen MR) is 96.3 cm³/mol. The number of rotatable bonds is 12. The summed E-state index contributed by atoms with van der Waals surface area (Å²) in [5.41, 5.74) is 11.4. The Bertz CT molecular complexity index is 530. The molecule has 0 aromatic rings. The van der Waals surface area contributed by atoms with E-state index in [4.69, 9.17) is 16.6 Å². The van der Waals surface area contributed by atoms with Crippen LogP contribution in [-0.2, 0) is 18.9 Å². The van der Waals surface area contributed by atoms with Gasteiger partial charge in [0, 0.05) is 0 Å². The molecule has 11 heteroatoms. The number of carbonyl (C=O) groups excluding carboxylic acids is 2. The second kappa shape index (κ2) is 11.2. The molecule has 0 aliphatic carbocycles. The van der Waals surface area contributed by atoms with Gasteiger partial charge < -0.3 is 27.2 Å². The van der Waals surface area contributed by atoms with Crippen molar-refractivity contribution in [2.45, 2.75) is 76.3 Å². The van der Waals surface area contributed by atoms with Crippen molar-refractivity contribution in [3.05, 3.63) is 0 Å². The Kier molecular flexibility index (Phi) is 10.5. The third-order valence-electron chi connectivity index (χ3n) is 4.00. The van der Waals surface area contributed by atoms with Gasteiger partial charge in [-0.15, -0.1) is 0 Å². The number of aliphatic carboxylic acids is 1. The maximum atomic E-state index is 12.6. The van der Waals surface area contributed by atoms with Crippen LogP contribution in [0.3, 0.4) is 0 Å². The highest BCUT2D eigenvalue weighted by Crippen LogP contribution is 2.38. The maximum absolute atomic E-state index is 12.6. The lowest BCUT2D eigenvalue weighted by Gasteiger charge is -2.28. The standard InChI is InChI=1S/C15H29N4O6P/c1-4-6-10(17)13(22)18-11(7-5-2)14(23)19-15(9(3)16,26(24)25)8-12(20)21/h9-11H,4-8,16-17H2,1-3H3,(H3-,18,19,20,21,22,23,24,25)/p+1/t9?,10-,11-,15?/m0/s1. The van der Waals surface area contributed by atoms with Crippen molar-refractivity contribution >= 4 is 25.8 Å². The van der Waals surface area contributed by atoms with Crippen molar-refractivity contribution in [2.75, 3.05) is 0 Å². The number of carboxylic acids is 1. The highest BCUT2D eigenvalue weighted by Gasteiger charge is 2.56. The first-order valence-electron chi connectivity index (χ1n) is 8.53. The highest BCUT2D eigenvalue weighted by atomic mass is 31.1. The summed E-state index contributed by atoms with van der Waals surface area (Å²) in [5, 5.41) is 11.8. The molecule has 0 heterocycles. The molecule has 0 fully saturated rings. The molecule has 0 rings (SSSR count). The molecule has 10 nitrogen and oxygen atoms in total. The Labute approximate surface area is 153 Å². The largest absolute Gasteiger partial charge is 0.536 e. The molecule has 3 unspecified atom stereocenters. The van der Waals surface area contributed by atoms with Crippen LogP contribution in [0.1, 0.15) is 52.9 Å². The Morgan fingerprint density at radius 3 is 2.04 bits per heavy atom. The molecule has 0 radical (unpaired) electrons. The summed E-state index contributed by atoms with van der Waals surface area (Å²) in [6.45, 7) is 4.99. The molecule has 0 saturated heterocycles. The van der Waals surface area contributed by atoms with Gasteiger partial charge in [0.05, 0.1) is 12.1 Å². The summed E-state index contributed by atoms with van der Waals surface area (Å²) in [6.07, 6.45) is 1.09. The Hall–Kier alpha value is -1.61. The van der Waals surface area contributed by atoms with Crippen LogP contribution < -0.4 is 22.1 Å². The zero-order chi connectivity index (χ0) is 20.5. The summed E-state index contributed by atoms with van der Waals surface area (Å²) in [7, 11) is -3.15. The van der Waals surface area contributed by atoms with Gasteiger partial charge in [0.1, 0.15) is 12.5 Å². The summed E-state index contributed by atoms with van der Waals surface area (Å²) in [6, 6.07) is -2.91. The van der Waals surface area contributed by atoms with Gasteiger partial charge in [-0.2, -0.15) is 4.89 Å². The van der Waals surface area contributed by atoms with Crippen LogP contribution in [0, 0.1) is 0 Å². The second-order valence-electron chi connectivity index (χ2n) is 6.29. The number of amides is 2. The molecule has 26 heavy (non-hydrogen) atoms. The van der Waals surface area contributed by atoms with E-state index in [0.29, 0.717) is 19.3 Å². The number of carbonyl (C=O) groups is 3. The minimum atomic E-state index is -3.15. The first-order chi connectivity index (χ1) is 12.0. The number of hydrogen-bond acceptors (Lipinski definition) is 6. The minimum absolute atomic E-state index is 0.251. The molecular weight excluding hydrogens is 363 g/mol. The van der Waals surface area contributed by atoms with Crippen molar-refractivity contribution in [3.63, 3.8) is 0 Å². The third-order valence-corrected chi connectivity index (χ3v) is 5.36. The van der Waals surface area contributed by atoms with E-state index in [9.17, 15) is 23.8 Å². The molecule has 5 atom stereocenters. The number of nitrogens with one attached hydrogen (secondary N) is 2. The van der Waals surface area contributed by atoms with Crippen molar-refractivity contribution in [1.82, 2.24) is 10.6 Å². The topological polar surface area (TPSA) is 185 Å². The summed E-state index contributed by atoms with van der Waals surface area (Å²) < 4.78 is 11.8. The van der Waals surface area contributed by atoms with Crippen LogP contribution in [0.5, 0.6) is 0 Å². The van der Waals surface area contributed by atoms with Crippen LogP contribution in [-0.4, -0.2) is 51.2 Å². The molecule has 0 bridgehead atoms. The third kappa shape index (κ3) is 6.95. The van der Waals surface area contributed by atoms with E-state index in [1.54, 1.807) is 6.92 Å². The van der Waals surface area contributed by atoms with Gasteiger partial charge in [0.2, 0.25) is 11.8 Å². The van der Waals surface area contributed by atoms with Gasteiger partial charge in [-0.3, -0.25) is 14.4 Å². The molecule has 0 aliphatic rings. The van der Waals surface area contributed by atoms with Crippen LogP contribution in [0.25, 0.3) is 0 Å². The van der Waals surface area contributed by atoms with E-state index in [-0.39, 0.29) is 6.42 Å². The first-order valence-corrected chi connectivity index (χ1v) is 9.74. The van der Waals surface area contributed by atoms with Crippen LogP contribution in [0.4, 0.5) is 0 Å². The zero-order valence-corrected chi connectivity index (χ0v) is 16.3. The lowest BCUT2D eigenvalue weighted by Crippen LogP contribution is -2.62. The van der Waals surface area contributed by atoms with Crippen molar-refractivity contribution in [3.8, 4) is 0 Å². The fourth-order valence-corrected chi connectivity index (χ4v) is 3.24. The van der Waals surface area contributed by atoms with E-state index in [0.717, 1.165) is 0 Å². The van der Waals surface area contributed by atoms with Gasteiger partial charge >= 0.3 is 14.0 Å². The van der Waals surface area contributed by atoms with Gasteiger partial charge in [0.15, 0.2) is 0 Å². The average molecular weight is 393 g/mol. The minimum Gasteiger partial charge on any atom is -0.481 e.